The summed E-state index contributed by atoms with van der Waals surface area (Å²) >= 11 is 0. The number of carbonyl (C=O) groups is 1. The molecule has 1 amide bonds. The summed E-state index contributed by atoms with van der Waals surface area (Å²) in [6.07, 6.45) is 1.67. The predicted octanol–water partition coefficient (Wildman–Crippen LogP) is 4.54. The topological polar surface area (TPSA) is 77.2 Å². The molecule has 0 spiro atoms. The second kappa shape index (κ2) is 7.29. The van der Waals surface area contributed by atoms with Crippen molar-refractivity contribution in [3.63, 3.8) is 0 Å². The standard InChI is InChI=1S/C21H17N3O3/c1-2-26-17-11-7-14(8-12-17)20(25)23-16-9-5-15(6-10-16)21-24-19-18(27-21)4-3-13-22-19/h3-13H,2H2,1H3,(H,23,25). The van der Waals surface area contributed by atoms with Gasteiger partial charge in [0.25, 0.3) is 5.91 Å². The Bertz CT molecular complexity index is 1040. The molecular weight excluding hydrogens is 342 g/mol. The molecule has 0 radical (unpaired) electrons. The van der Waals surface area contributed by atoms with Gasteiger partial charge in [-0.15, -0.1) is 0 Å². The van der Waals surface area contributed by atoms with Gasteiger partial charge in [0, 0.05) is 23.0 Å². The number of nitrogens with zero attached hydrogens (tertiary/aromatic N) is 2. The zero-order chi connectivity index (χ0) is 18.6. The van der Waals surface area contributed by atoms with Crippen LogP contribution in [-0.2, 0) is 0 Å². The maximum Gasteiger partial charge on any atom is 0.255 e. The molecule has 4 rings (SSSR count). The summed E-state index contributed by atoms with van der Waals surface area (Å²) in [5.41, 5.74) is 3.27. The van der Waals surface area contributed by atoms with Gasteiger partial charge in [-0.25, -0.2) is 4.98 Å². The lowest BCUT2D eigenvalue weighted by Crippen LogP contribution is -2.11. The highest BCUT2D eigenvalue weighted by molar-refractivity contribution is 6.04. The maximum absolute atomic E-state index is 12.4. The van der Waals surface area contributed by atoms with Crippen molar-refractivity contribution in [3.8, 4) is 17.2 Å². The lowest BCUT2D eigenvalue weighted by molar-refractivity contribution is 0.102. The molecule has 2 aromatic heterocycles. The number of amides is 1. The monoisotopic (exact) mass is 359 g/mol. The van der Waals surface area contributed by atoms with E-state index in [1.807, 2.05) is 37.3 Å². The zero-order valence-electron chi connectivity index (χ0n) is 14.7. The fourth-order valence-corrected chi connectivity index (χ4v) is 2.66. The van der Waals surface area contributed by atoms with Crippen molar-refractivity contribution >= 4 is 22.8 Å². The van der Waals surface area contributed by atoms with E-state index in [2.05, 4.69) is 15.3 Å². The molecule has 0 atom stereocenters. The number of pyridine rings is 1. The van der Waals surface area contributed by atoms with Gasteiger partial charge >= 0.3 is 0 Å². The van der Waals surface area contributed by atoms with E-state index in [9.17, 15) is 4.79 Å². The van der Waals surface area contributed by atoms with Crippen LogP contribution in [0.4, 0.5) is 5.69 Å². The summed E-state index contributed by atoms with van der Waals surface area (Å²) in [6.45, 7) is 2.51. The Morgan fingerprint density at radius 1 is 1.07 bits per heavy atom. The van der Waals surface area contributed by atoms with Gasteiger partial charge in [0.2, 0.25) is 5.89 Å². The lowest BCUT2D eigenvalue weighted by Gasteiger charge is -2.07. The molecule has 6 nitrogen and oxygen atoms in total. The maximum atomic E-state index is 12.4. The van der Waals surface area contributed by atoms with Crippen LogP contribution in [0.3, 0.4) is 0 Å². The summed E-state index contributed by atoms with van der Waals surface area (Å²) < 4.78 is 11.1. The number of fused-ring (bicyclic) bond motifs is 1. The van der Waals surface area contributed by atoms with Gasteiger partial charge in [-0.05, 0) is 67.6 Å². The molecule has 2 aromatic carbocycles. The number of benzene rings is 2. The smallest absolute Gasteiger partial charge is 0.255 e. The van der Waals surface area contributed by atoms with Gasteiger partial charge in [-0.2, -0.15) is 4.98 Å². The van der Waals surface area contributed by atoms with Gasteiger partial charge in [-0.3, -0.25) is 4.79 Å². The molecule has 1 N–H and O–H groups in total. The van der Waals surface area contributed by atoms with E-state index >= 15 is 0 Å². The molecule has 0 aliphatic carbocycles. The van der Waals surface area contributed by atoms with Crippen molar-refractivity contribution in [3.05, 3.63) is 72.4 Å². The van der Waals surface area contributed by atoms with E-state index in [-0.39, 0.29) is 5.91 Å². The summed E-state index contributed by atoms with van der Waals surface area (Å²) in [7, 11) is 0. The highest BCUT2D eigenvalue weighted by Gasteiger charge is 2.10. The van der Waals surface area contributed by atoms with Crippen LogP contribution >= 0.6 is 0 Å². The molecule has 0 saturated carbocycles. The normalized spacial score (nSPS) is 10.7. The number of rotatable bonds is 5. The second-order valence-electron chi connectivity index (χ2n) is 5.83. The van der Waals surface area contributed by atoms with Crippen molar-refractivity contribution in [1.29, 1.82) is 0 Å². The third kappa shape index (κ3) is 3.64. The fraction of sp³-hybridized carbons (Fsp3) is 0.0952. The third-order valence-corrected chi connectivity index (χ3v) is 3.98. The van der Waals surface area contributed by atoms with Crippen LogP contribution in [-0.4, -0.2) is 22.5 Å². The molecule has 4 aromatic rings. The molecule has 0 fully saturated rings. The Hall–Kier alpha value is -3.67. The molecule has 0 aliphatic heterocycles. The Balaban J connectivity index is 1.47. The van der Waals surface area contributed by atoms with Crippen LogP contribution in [0.2, 0.25) is 0 Å². The van der Waals surface area contributed by atoms with Crippen LogP contribution in [0.25, 0.3) is 22.7 Å². The minimum atomic E-state index is -0.183. The first-order chi connectivity index (χ1) is 13.2. The average molecular weight is 359 g/mol. The van der Waals surface area contributed by atoms with Gasteiger partial charge in [0.15, 0.2) is 11.2 Å². The van der Waals surface area contributed by atoms with Crippen molar-refractivity contribution in [2.24, 2.45) is 0 Å². The van der Waals surface area contributed by atoms with E-state index in [4.69, 9.17) is 9.15 Å². The number of ether oxygens (including phenoxy) is 1. The van der Waals surface area contributed by atoms with Crippen LogP contribution in [0.5, 0.6) is 5.75 Å². The zero-order valence-corrected chi connectivity index (χ0v) is 14.7. The van der Waals surface area contributed by atoms with E-state index in [0.717, 1.165) is 11.3 Å². The number of hydrogen-bond donors (Lipinski definition) is 1. The molecule has 0 saturated heterocycles. The summed E-state index contributed by atoms with van der Waals surface area (Å²) in [4.78, 5) is 20.9. The van der Waals surface area contributed by atoms with E-state index < -0.39 is 0 Å². The quantitative estimate of drug-likeness (QED) is 0.566. The van der Waals surface area contributed by atoms with E-state index in [0.29, 0.717) is 35.0 Å². The predicted molar refractivity (Wildman–Crippen MR) is 103 cm³/mol. The molecule has 0 bridgehead atoms. The lowest BCUT2D eigenvalue weighted by atomic mass is 10.1. The molecule has 134 valence electrons. The summed E-state index contributed by atoms with van der Waals surface area (Å²) in [5, 5.41) is 2.87. The largest absolute Gasteiger partial charge is 0.494 e. The molecule has 6 heteroatoms. The SMILES string of the molecule is CCOc1ccc(C(=O)Nc2ccc(-c3nc4ncccc4o3)cc2)cc1. The second-order valence-corrected chi connectivity index (χ2v) is 5.83. The fourth-order valence-electron chi connectivity index (χ4n) is 2.66. The highest BCUT2D eigenvalue weighted by Crippen LogP contribution is 2.24. The first-order valence-electron chi connectivity index (χ1n) is 8.59. The van der Waals surface area contributed by atoms with Crippen molar-refractivity contribution in [2.75, 3.05) is 11.9 Å². The molecule has 0 unspecified atom stereocenters. The average Bonchev–Trinajstić information content (AvgIpc) is 3.13. The molecule has 27 heavy (non-hydrogen) atoms. The van der Waals surface area contributed by atoms with Gasteiger partial charge in [-0.1, -0.05) is 0 Å². The Labute approximate surface area is 155 Å². The van der Waals surface area contributed by atoms with Crippen LogP contribution in [0.15, 0.2) is 71.3 Å². The summed E-state index contributed by atoms with van der Waals surface area (Å²) in [5.74, 6) is 1.05. The number of oxazole rings is 1. The molecular formula is C21H17N3O3. The number of nitrogens with one attached hydrogen (secondary N) is 1. The Morgan fingerprint density at radius 3 is 2.56 bits per heavy atom. The first kappa shape index (κ1) is 16.8. The minimum Gasteiger partial charge on any atom is -0.494 e. The number of hydrogen-bond acceptors (Lipinski definition) is 5. The van der Waals surface area contributed by atoms with E-state index in [1.165, 1.54) is 0 Å². The van der Waals surface area contributed by atoms with Crippen LogP contribution < -0.4 is 10.1 Å². The van der Waals surface area contributed by atoms with E-state index in [1.54, 1.807) is 36.5 Å². The summed E-state index contributed by atoms with van der Waals surface area (Å²) in [6, 6.07) is 18.0. The van der Waals surface area contributed by atoms with Gasteiger partial charge < -0.3 is 14.5 Å². The van der Waals surface area contributed by atoms with Crippen molar-refractivity contribution in [1.82, 2.24) is 9.97 Å². The van der Waals surface area contributed by atoms with Crippen LogP contribution in [0, 0.1) is 0 Å². The van der Waals surface area contributed by atoms with Gasteiger partial charge in [0.1, 0.15) is 5.75 Å². The van der Waals surface area contributed by atoms with Gasteiger partial charge in [0.05, 0.1) is 6.61 Å². The van der Waals surface area contributed by atoms with Crippen molar-refractivity contribution in [2.45, 2.75) is 6.92 Å². The van der Waals surface area contributed by atoms with Crippen LogP contribution in [0.1, 0.15) is 17.3 Å². The third-order valence-electron chi connectivity index (χ3n) is 3.98. The molecule has 0 aliphatic rings. The molecule has 2 heterocycles. The number of carbonyl (C=O) groups excluding carboxylic acids is 1. The number of aromatic nitrogens is 2. The number of anilines is 1. The Kier molecular flexibility index (Phi) is 4.53. The first-order valence-corrected chi connectivity index (χ1v) is 8.59. The Morgan fingerprint density at radius 2 is 1.85 bits per heavy atom. The van der Waals surface area contributed by atoms with Crippen molar-refractivity contribution < 1.29 is 13.9 Å². The highest BCUT2D eigenvalue weighted by atomic mass is 16.5. The minimum absolute atomic E-state index is 0.183.